The fourth-order valence-electron chi connectivity index (χ4n) is 3.23. The average molecular weight is 436 g/mol. The molecular formula is C20H26FN5O3S. The highest BCUT2D eigenvalue weighted by molar-refractivity contribution is 7.89. The van der Waals surface area contributed by atoms with Crippen molar-refractivity contribution in [2.75, 3.05) is 18.9 Å². The lowest BCUT2D eigenvalue weighted by Gasteiger charge is -2.11. The molecule has 0 aliphatic rings. The monoisotopic (exact) mass is 435 g/mol. The molecule has 10 heteroatoms. The maximum Gasteiger partial charge on any atom is 0.240 e. The van der Waals surface area contributed by atoms with Gasteiger partial charge in [0, 0.05) is 25.9 Å². The summed E-state index contributed by atoms with van der Waals surface area (Å²) in [6, 6.07) is 4.95. The number of rotatable bonds is 10. The summed E-state index contributed by atoms with van der Waals surface area (Å²) in [5, 5.41) is 0. The van der Waals surface area contributed by atoms with Crippen LogP contribution in [0.2, 0.25) is 0 Å². The van der Waals surface area contributed by atoms with Gasteiger partial charge in [-0.15, -0.1) is 0 Å². The quantitative estimate of drug-likeness (QED) is 0.474. The van der Waals surface area contributed by atoms with E-state index in [0.717, 1.165) is 23.0 Å². The van der Waals surface area contributed by atoms with Gasteiger partial charge in [-0.05, 0) is 50.5 Å². The van der Waals surface area contributed by atoms with Gasteiger partial charge in [-0.2, -0.15) is 0 Å². The first-order valence-corrected chi connectivity index (χ1v) is 11.2. The van der Waals surface area contributed by atoms with Gasteiger partial charge in [-0.1, -0.05) is 6.07 Å². The first-order chi connectivity index (χ1) is 14.3. The highest BCUT2D eigenvalue weighted by Crippen LogP contribution is 2.24. The number of anilines is 1. The second-order valence-corrected chi connectivity index (χ2v) is 8.67. The number of aromatic nitrogens is 3. The van der Waals surface area contributed by atoms with E-state index in [1.165, 1.54) is 18.2 Å². The van der Waals surface area contributed by atoms with Crippen LogP contribution in [0.5, 0.6) is 0 Å². The molecule has 0 aliphatic heterocycles. The fourth-order valence-corrected chi connectivity index (χ4v) is 4.33. The number of ether oxygens (including phenoxy) is 1. The molecule has 3 rings (SSSR count). The van der Waals surface area contributed by atoms with Crippen LogP contribution in [0.1, 0.15) is 31.2 Å². The third kappa shape index (κ3) is 4.94. The first-order valence-electron chi connectivity index (χ1n) is 9.76. The highest BCUT2D eigenvalue weighted by atomic mass is 32.2. The van der Waals surface area contributed by atoms with E-state index in [0.29, 0.717) is 43.9 Å². The number of nitrogens with one attached hydrogen (secondary N) is 1. The predicted molar refractivity (Wildman–Crippen MR) is 113 cm³/mol. The van der Waals surface area contributed by atoms with Gasteiger partial charge in [-0.25, -0.2) is 27.5 Å². The number of imidazole rings is 1. The molecule has 0 bridgehead atoms. The van der Waals surface area contributed by atoms with Crippen LogP contribution in [0.3, 0.4) is 0 Å². The van der Waals surface area contributed by atoms with E-state index in [4.69, 9.17) is 10.5 Å². The molecule has 1 aromatic carbocycles. The zero-order valence-electron chi connectivity index (χ0n) is 17.1. The van der Waals surface area contributed by atoms with Gasteiger partial charge < -0.3 is 15.0 Å². The average Bonchev–Trinajstić information content (AvgIpc) is 3.08. The van der Waals surface area contributed by atoms with Crippen LogP contribution in [0, 0.1) is 12.7 Å². The number of unbranched alkanes of at least 4 members (excludes halogenated alkanes) is 1. The van der Waals surface area contributed by atoms with Gasteiger partial charge in [0.05, 0.1) is 10.4 Å². The molecule has 8 nitrogen and oxygen atoms in total. The van der Waals surface area contributed by atoms with Gasteiger partial charge >= 0.3 is 0 Å². The Bertz CT molecular complexity index is 1130. The van der Waals surface area contributed by atoms with Gasteiger partial charge in [0.1, 0.15) is 23.8 Å². The largest absolute Gasteiger partial charge is 0.382 e. The predicted octanol–water partition coefficient (Wildman–Crippen LogP) is 2.76. The van der Waals surface area contributed by atoms with Crippen LogP contribution >= 0.6 is 0 Å². The summed E-state index contributed by atoms with van der Waals surface area (Å²) in [4.78, 5) is 8.69. The van der Waals surface area contributed by atoms with Crippen molar-refractivity contribution >= 4 is 26.9 Å². The Balaban J connectivity index is 1.66. The number of fused-ring (bicyclic) bond motifs is 1. The molecule has 0 amide bonds. The SMILES string of the molecule is CCOCc1nc2c(N)ncc(C)c2n1CCCCNS(=O)(=O)c1cccc(F)c1. The van der Waals surface area contributed by atoms with E-state index in [-0.39, 0.29) is 11.4 Å². The van der Waals surface area contributed by atoms with E-state index in [1.807, 2.05) is 13.8 Å². The normalized spacial score (nSPS) is 12.0. The number of benzene rings is 1. The van der Waals surface area contributed by atoms with E-state index in [1.54, 1.807) is 6.20 Å². The van der Waals surface area contributed by atoms with Crippen LogP contribution in [0.4, 0.5) is 10.2 Å². The molecule has 0 radical (unpaired) electrons. The Kier molecular flexibility index (Phi) is 7.01. The van der Waals surface area contributed by atoms with Crippen molar-refractivity contribution in [2.24, 2.45) is 0 Å². The van der Waals surface area contributed by atoms with Gasteiger partial charge in [-0.3, -0.25) is 0 Å². The fraction of sp³-hybridized carbons (Fsp3) is 0.400. The number of nitrogens with zero attached hydrogens (tertiary/aromatic N) is 3. The summed E-state index contributed by atoms with van der Waals surface area (Å²) in [6.07, 6.45) is 3.02. The van der Waals surface area contributed by atoms with Crippen molar-refractivity contribution in [3.8, 4) is 0 Å². The zero-order chi connectivity index (χ0) is 21.7. The van der Waals surface area contributed by atoms with Crippen molar-refractivity contribution < 1.29 is 17.5 Å². The van der Waals surface area contributed by atoms with Gasteiger partial charge in [0.15, 0.2) is 5.82 Å². The maximum atomic E-state index is 13.3. The minimum Gasteiger partial charge on any atom is -0.382 e. The van der Waals surface area contributed by atoms with Crippen molar-refractivity contribution in [3.05, 3.63) is 47.7 Å². The van der Waals surface area contributed by atoms with Crippen LogP contribution in [0.25, 0.3) is 11.0 Å². The lowest BCUT2D eigenvalue weighted by Crippen LogP contribution is -2.25. The van der Waals surface area contributed by atoms with E-state index in [9.17, 15) is 12.8 Å². The number of aryl methyl sites for hydroxylation is 2. The van der Waals surface area contributed by atoms with E-state index < -0.39 is 15.8 Å². The second kappa shape index (κ2) is 9.50. The Hall–Kier alpha value is -2.56. The molecule has 2 heterocycles. The number of hydrogen-bond acceptors (Lipinski definition) is 6. The maximum absolute atomic E-state index is 13.3. The van der Waals surface area contributed by atoms with Crippen LogP contribution < -0.4 is 10.5 Å². The number of hydrogen-bond donors (Lipinski definition) is 2. The Labute approximate surface area is 175 Å². The number of sulfonamides is 1. The molecule has 3 aromatic rings. The molecule has 0 unspecified atom stereocenters. The molecule has 2 aromatic heterocycles. The molecule has 0 fully saturated rings. The molecule has 0 saturated carbocycles. The molecule has 3 N–H and O–H groups in total. The Morgan fingerprint density at radius 2 is 2.10 bits per heavy atom. The summed E-state index contributed by atoms with van der Waals surface area (Å²) in [5.41, 5.74) is 8.52. The molecule has 30 heavy (non-hydrogen) atoms. The minimum atomic E-state index is -3.74. The third-order valence-electron chi connectivity index (χ3n) is 4.70. The van der Waals surface area contributed by atoms with E-state index >= 15 is 0 Å². The Morgan fingerprint density at radius 1 is 1.30 bits per heavy atom. The topological polar surface area (TPSA) is 112 Å². The third-order valence-corrected chi connectivity index (χ3v) is 6.16. The first kappa shape index (κ1) is 22.1. The summed E-state index contributed by atoms with van der Waals surface area (Å²) in [7, 11) is -3.74. The van der Waals surface area contributed by atoms with Crippen molar-refractivity contribution in [1.29, 1.82) is 0 Å². The second-order valence-electron chi connectivity index (χ2n) is 6.90. The summed E-state index contributed by atoms with van der Waals surface area (Å²) >= 11 is 0. The van der Waals surface area contributed by atoms with Crippen LogP contribution in [0.15, 0.2) is 35.4 Å². The minimum absolute atomic E-state index is 0.0827. The summed E-state index contributed by atoms with van der Waals surface area (Å²) in [5.74, 6) is 0.542. The molecule has 0 spiro atoms. The Morgan fingerprint density at radius 3 is 2.83 bits per heavy atom. The standard InChI is InChI=1S/C20H26FN5O3S/c1-3-29-13-17-25-18-19(14(2)12-23-20(18)22)26(17)10-5-4-9-24-30(27,28)16-8-6-7-15(21)11-16/h6-8,11-12,24H,3-5,9-10,13H2,1-2H3,(H2,22,23). The highest BCUT2D eigenvalue weighted by Gasteiger charge is 2.16. The molecule has 0 saturated heterocycles. The van der Waals surface area contributed by atoms with Crippen LogP contribution in [-0.4, -0.2) is 36.1 Å². The number of nitrogens with two attached hydrogens (primary N) is 1. The molecule has 0 atom stereocenters. The molecule has 0 aliphatic carbocycles. The molecular weight excluding hydrogens is 409 g/mol. The van der Waals surface area contributed by atoms with Crippen LogP contribution in [-0.2, 0) is 27.9 Å². The number of nitrogen functional groups attached to an aromatic ring is 1. The smallest absolute Gasteiger partial charge is 0.240 e. The van der Waals surface area contributed by atoms with Crippen molar-refractivity contribution in [3.63, 3.8) is 0 Å². The molecule has 162 valence electrons. The van der Waals surface area contributed by atoms with E-state index in [2.05, 4.69) is 19.3 Å². The van der Waals surface area contributed by atoms with Gasteiger partial charge in [0.25, 0.3) is 0 Å². The lowest BCUT2D eigenvalue weighted by atomic mass is 10.2. The number of pyridine rings is 1. The van der Waals surface area contributed by atoms with Gasteiger partial charge in [0.2, 0.25) is 10.0 Å². The zero-order valence-corrected chi connectivity index (χ0v) is 17.9. The number of halogens is 1. The summed E-state index contributed by atoms with van der Waals surface area (Å²) < 4.78 is 47.9. The van der Waals surface area contributed by atoms with Crippen molar-refractivity contribution in [1.82, 2.24) is 19.3 Å². The lowest BCUT2D eigenvalue weighted by molar-refractivity contribution is 0.126. The van der Waals surface area contributed by atoms with Crippen molar-refractivity contribution in [2.45, 2.75) is 44.7 Å². The summed E-state index contributed by atoms with van der Waals surface area (Å²) in [6.45, 7) is 5.66.